The number of hydrogen-bond donors (Lipinski definition) is 2. The van der Waals surface area contributed by atoms with Crippen LogP contribution in [-0.2, 0) is 4.79 Å². The summed E-state index contributed by atoms with van der Waals surface area (Å²) >= 11 is 0. The summed E-state index contributed by atoms with van der Waals surface area (Å²) in [4.78, 5) is 29.7. The van der Waals surface area contributed by atoms with Gasteiger partial charge in [-0.3, -0.25) is 9.59 Å². The van der Waals surface area contributed by atoms with Crippen LogP contribution in [0.25, 0.3) is 10.9 Å². The van der Waals surface area contributed by atoms with Crippen LogP contribution in [0.5, 0.6) is 0 Å². The van der Waals surface area contributed by atoms with Gasteiger partial charge in [0, 0.05) is 36.8 Å². The van der Waals surface area contributed by atoms with Crippen LogP contribution in [0.2, 0.25) is 0 Å². The SMILES string of the molecule is CN(C)C(=O)C[C@@H](NC(=O)c1cccc2[nH]ccc12)c1ccccc1. The van der Waals surface area contributed by atoms with Crippen molar-refractivity contribution in [2.24, 2.45) is 0 Å². The molecule has 2 N–H and O–H groups in total. The monoisotopic (exact) mass is 335 g/mol. The normalized spacial score (nSPS) is 11.9. The van der Waals surface area contributed by atoms with Crippen molar-refractivity contribution in [1.82, 2.24) is 15.2 Å². The predicted octanol–water partition coefficient (Wildman–Crippen LogP) is 3.12. The lowest BCUT2D eigenvalue weighted by atomic mass is 10.0. The van der Waals surface area contributed by atoms with Crippen molar-refractivity contribution in [2.75, 3.05) is 14.1 Å². The van der Waals surface area contributed by atoms with Crippen LogP contribution >= 0.6 is 0 Å². The number of aromatic nitrogens is 1. The molecule has 0 unspecified atom stereocenters. The van der Waals surface area contributed by atoms with Crippen LogP contribution in [0.15, 0.2) is 60.8 Å². The molecule has 1 heterocycles. The van der Waals surface area contributed by atoms with E-state index in [9.17, 15) is 9.59 Å². The highest BCUT2D eigenvalue weighted by atomic mass is 16.2. The minimum Gasteiger partial charge on any atom is -0.361 e. The number of hydrogen-bond acceptors (Lipinski definition) is 2. The van der Waals surface area contributed by atoms with E-state index in [-0.39, 0.29) is 24.3 Å². The van der Waals surface area contributed by atoms with E-state index in [1.165, 1.54) is 4.90 Å². The van der Waals surface area contributed by atoms with Gasteiger partial charge in [0.1, 0.15) is 0 Å². The Morgan fingerprint density at radius 3 is 2.52 bits per heavy atom. The lowest BCUT2D eigenvalue weighted by Crippen LogP contribution is -2.33. The van der Waals surface area contributed by atoms with Gasteiger partial charge in [-0.15, -0.1) is 0 Å². The molecule has 0 aliphatic carbocycles. The number of nitrogens with zero attached hydrogens (tertiary/aromatic N) is 1. The van der Waals surface area contributed by atoms with Gasteiger partial charge < -0.3 is 15.2 Å². The Balaban J connectivity index is 1.88. The standard InChI is InChI=1S/C20H21N3O2/c1-23(2)19(24)13-18(14-7-4-3-5-8-14)22-20(25)16-9-6-10-17-15(16)11-12-21-17/h3-12,18,21H,13H2,1-2H3,(H,22,25)/t18-/m1/s1. The highest BCUT2D eigenvalue weighted by Gasteiger charge is 2.21. The second-order valence-corrected chi connectivity index (χ2v) is 6.17. The molecular formula is C20H21N3O2. The van der Waals surface area contributed by atoms with E-state index in [0.29, 0.717) is 5.56 Å². The van der Waals surface area contributed by atoms with Crippen molar-refractivity contribution in [1.29, 1.82) is 0 Å². The molecule has 0 saturated carbocycles. The van der Waals surface area contributed by atoms with Crippen LogP contribution in [0.4, 0.5) is 0 Å². The Labute approximate surface area is 146 Å². The van der Waals surface area contributed by atoms with Crippen molar-refractivity contribution in [2.45, 2.75) is 12.5 Å². The number of benzene rings is 2. The van der Waals surface area contributed by atoms with E-state index < -0.39 is 0 Å². The fraction of sp³-hybridized carbons (Fsp3) is 0.200. The molecule has 128 valence electrons. The molecule has 5 nitrogen and oxygen atoms in total. The van der Waals surface area contributed by atoms with Crippen LogP contribution in [0.3, 0.4) is 0 Å². The molecule has 2 aromatic carbocycles. The van der Waals surface area contributed by atoms with Gasteiger partial charge in [0.15, 0.2) is 0 Å². The van der Waals surface area contributed by atoms with E-state index >= 15 is 0 Å². The van der Waals surface area contributed by atoms with E-state index in [1.807, 2.05) is 54.7 Å². The summed E-state index contributed by atoms with van der Waals surface area (Å²) in [5.74, 6) is -0.223. The van der Waals surface area contributed by atoms with E-state index in [0.717, 1.165) is 16.5 Å². The summed E-state index contributed by atoms with van der Waals surface area (Å²) in [7, 11) is 3.43. The number of amides is 2. The molecule has 1 aromatic heterocycles. The van der Waals surface area contributed by atoms with E-state index in [2.05, 4.69) is 10.3 Å². The topological polar surface area (TPSA) is 65.2 Å². The van der Waals surface area contributed by atoms with Gasteiger partial charge in [-0.25, -0.2) is 0 Å². The second-order valence-electron chi connectivity index (χ2n) is 6.17. The minimum atomic E-state index is -0.377. The first-order valence-electron chi connectivity index (χ1n) is 8.18. The number of carbonyl (C=O) groups is 2. The largest absolute Gasteiger partial charge is 0.361 e. The maximum atomic E-state index is 12.8. The summed E-state index contributed by atoms with van der Waals surface area (Å²) in [6.07, 6.45) is 2.03. The number of carbonyl (C=O) groups excluding carboxylic acids is 2. The summed E-state index contributed by atoms with van der Waals surface area (Å²) < 4.78 is 0. The average molecular weight is 335 g/mol. The molecule has 0 radical (unpaired) electrons. The Morgan fingerprint density at radius 1 is 1.04 bits per heavy atom. The summed E-state index contributed by atoms with van der Waals surface area (Å²) in [6.45, 7) is 0. The quantitative estimate of drug-likeness (QED) is 0.752. The van der Waals surface area contributed by atoms with Crippen LogP contribution in [0, 0.1) is 0 Å². The van der Waals surface area contributed by atoms with Crippen molar-refractivity contribution < 1.29 is 9.59 Å². The molecule has 0 aliphatic rings. The fourth-order valence-corrected chi connectivity index (χ4v) is 2.81. The predicted molar refractivity (Wildman–Crippen MR) is 98.3 cm³/mol. The summed E-state index contributed by atoms with van der Waals surface area (Å²) in [5.41, 5.74) is 2.41. The zero-order valence-electron chi connectivity index (χ0n) is 14.3. The number of nitrogens with one attached hydrogen (secondary N) is 2. The first-order valence-corrected chi connectivity index (χ1v) is 8.18. The Hall–Kier alpha value is -3.08. The maximum Gasteiger partial charge on any atom is 0.252 e. The third-order valence-corrected chi connectivity index (χ3v) is 4.22. The molecule has 0 saturated heterocycles. The molecular weight excluding hydrogens is 314 g/mol. The Bertz CT molecular complexity index is 884. The number of aromatic amines is 1. The van der Waals surface area contributed by atoms with Gasteiger partial charge in [0.25, 0.3) is 5.91 Å². The molecule has 5 heteroatoms. The molecule has 1 atom stereocenters. The van der Waals surface area contributed by atoms with Gasteiger partial charge in [0.05, 0.1) is 12.5 Å². The Morgan fingerprint density at radius 2 is 1.80 bits per heavy atom. The third-order valence-electron chi connectivity index (χ3n) is 4.22. The minimum absolute atomic E-state index is 0.0333. The fourth-order valence-electron chi connectivity index (χ4n) is 2.81. The second kappa shape index (κ2) is 7.21. The Kier molecular flexibility index (Phi) is 4.84. The molecule has 2 amide bonds. The van der Waals surface area contributed by atoms with E-state index in [1.54, 1.807) is 20.2 Å². The number of fused-ring (bicyclic) bond motifs is 1. The lowest BCUT2D eigenvalue weighted by Gasteiger charge is -2.21. The molecule has 0 fully saturated rings. The summed E-state index contributed by atoms with van der Waals surface area (Å²) in [5, 5.41) is 3.88. The van der Waals surface area contributed by atoms with Crippen molar-refractivity contribution in [3.63, 3.8) is 0 Å². The molecule has 0 aliphatic heterocycles. The molecule has 25 heavy (non-hydrogen) atoms. The van der Waals surface area contributed by atoms with Crippen molar-refractivity contribution in [3.8, 4) is 0 Å². The van der Waals surface area contributed by atoms with Crippen molar-refractivity contribution in [3.05, 3.63) is 71.9 Å². The van der Waals surface area contributed by atoms with Gasteiger partial charge >= 0.3 is 0 Å². The highest BCUT2D eigenvalue weighted by Crippen LogP contribution is 2.21. The maximum absolute atomic E-state index is 12.8. The van der Waals surface area contributed by atoms with Gasteiger partial charge in [-0.05, 0) is 23.8 Å². The van der Waals surface area contributed by atoms with Gasteiger partial charge in [0.2, 0.25) is 5.91 Å². The third kappa shape index (κ3) is 3.71. The first kappa shape index (κ1) is 16.8. The van der Waals surface area contributed by atoms with Crippen LogP contribution < -0.4 is 5.32 Å². The van der Waals surface area contributed by atoms with Crippen molar-refractivity contribution >= 4 is 22.7 Å². The zero-order valence-corrected chi connectivity index (χ0v) is 14.3. The summed E-state index contributed by atoms with van der Waals surface area (Å²) in [6, 6.07) is 16.6. The average Bonchev–Trinajstić information content (AvgIpc) is 3.10. The number of rotatable bonds is 5. The van der Waals surface area contributed by atoms with E-state index in [4.69, 9.17) is 0 Å². The smallest absolute Gasteiger partial charge is 0.252 e. The first-order chi connectivity index (χ1) is 12.1. The van der Waals surface area contributed by atoms with Crippen LogP contribution in [0.1, 0.15) is 28.4 Å². The van der Waals surface area contributed by atoms with Gasteiger partial charge in [-0.2, -0.15) is 0 Å². The zero-order chi connectivity index (χ0) is 17.8. The number of H-pyrrole nitrogens is 1. The van der Waals surface area contributed by atoms with Crippen LogP contribution in [-0.4, -0.2) is 35.8 Å². The molecule has 0 bridgehead atoms. The molecule has 3 rings (SSSR count). The molecule has 0 spiro atoms. The highest BCUT2D eigenvalue weighted by molar-refractivity contribution is 6.06. The molecule has 3 aromatic rings. The lowest BCUT2D eigenvalue weighted by molar-refractivity contribution is -0.129. The van der Waals surface area contributed by atoms with Gasteiger partial charge in [-0.1, -0.05) is 36.4 Å².